The third kappa shape index (κ3) is 3.98. The first-order valence-corrected chi connectivity index (χ1v) is 6.87. The highest BCUT2D eigenvalue weighted by molar-refractivity contribution is 9.10. The quantitative estimate of drug-likeness (QED) is 0.921. The lowest BCUT2D eigenvalue weighted by Gasteiger charge is -2.27. The fraction of sp³-hybridized carbons (Fsp3) is 0.538. The van der Waals surface area contributed by atoms with Gasteiger partial charge >= 0.3 is 0 Å². The molecule has 94 valence electrons. The normalized spacial score (nSPS) is 17.1. The molecule has 1 fully saturated rings. The molecule has 0 bridgehead atoms. The van der Waals surface area contributed by atoms with Gasteiger partial charge in [-0.1, -0.05) is 15.9 Å². The fourth-order valence-electron chi connectivity index (χ4n) is 1.99. The lowest BCUT2D eigenvalue weighted by atomic mass is 10.2. The first-order chi connectivity index (χ1) is 8.25. The van der Waals surface area contributed by atoms with Crippen LogP contribution in [0.2, 0.25) is 0 Å². The van der Waals surface area contributed by atoms with Crippen LogP contribution in [-0.4, -0.2) is 44.2 Å². The molecule has 1 aliphatic heterocycles. The Labute approximate surface area is 111 Å². The van der Waals surface area contributed by atoms with Crippen LogP contribution in [0.15, 0.2) is 22.7 Å². The van der Waals surface area contributed by atoms with E-state index in [9.17, 15) is 0 Å². The van der Waals surface area contributed by atoms with Crippen LogP contribution in [-0.2, 0) is 0 Å². The van der Waals surface area contributed by atoms with Crippen molar-refractivity contribution in [3.05, 3.63) is 28.2 Å². The monoisotopic (exact) mass is 298 g/mol. The van der Waals surface area contributed by atoms with Crippen molar-refractivity contribution in [3.8, 4) is 5.75 Å². The van der Waals surface area contributed by atoms with E-state index in [0.717, 1.165) is 49.6 Å². The minimum atomic E-state index is 0.766. The molecule has 1 heterocycles. The minimum Gasteiger partial charge on any atom is -0.492 e. The molecule has 0 saturated carbocycles. The van der Waals surface area contributed by atoms with Crippen molar-refractivity contribution in [1.82, 2.24) is 10.2 Å². The highest BCUT2D eigenvalue weighted by Crippen LogP contribution is 2.21. The van der Waals surface area contributed by atoms with Gasteiger partial charge in [-0.2, -0.15) is 0 Å². The smallest absolute Gasteiger partial charge is 0.122 e. The van der Waals surface area contributed by atoms with Crippen LogP contribution >= 0.6 is 15.9 Å². The summed E-state index contributed by atoms with van der Waals surface area (Å²) in [5.41, 5.74) is 1.18. The maximum absolute atomic E-state index is 5.81. The standard InChI is InChI=1S/C13H19BrN2O/c1-11-10-12(14)2-3-13(11)17-9-8-16-6-4-15-5-7-16/h2-3,10,15H,4-9H2,1H3. The summed E-state index contributed by atoms with van der Waals surface area (Å²) in [4.78, 5) is 2.44. The van der Waals surface area contributed by atoms with Crippen molar-refractivity contribution in [1.29, 1.82) is 0 Å². The van der Waals surface area contributed by atoms with E-state index in [1.807, 2.05) is 12.1 Å². The molecule has 0 amide bonds. The molecule has 1 aliphatic rings. The molecule has 0 atom stereocenters. The molecule has 0 radical (unpaired) electrons. The largest absolute Gasteiger partial charge is 0.492 e. The summed E-state index contributed by atoms with van der Waals surface area (Å²) in [5, 5.41) is 3.35. The molecular formula is C13H19BrN2O. The first kappa shape index (κ1) is 12.9. The average Bonchev–Trinajstić information content (AvgIpc) is 2.33. The predicted molar refractivity (Wildman–Crippen MR) is 73.7 cm³/mol. The Morgan fingerprint density at radius 3 is 2.82 bits per heavy atom. The predicted octanol–water partition coefficient (Wildman–Crippen LogP) is 2.04. The molecule has 1 aromatic rings. The zero-order chi connectivity index (χ0) is 12.1. The third-order valence-electron chi connectivity index (χ3n) is 3.01. The van der Waals surface area contributed by atoms with Gasteiger partial charge in [0.25, 0.3) is 0 Å². The SMILES string of the molecule is Cc1cc(Br)ccc1OCCN1CCNCC1. The van der Waals surface area contributed by atoms with E-state index in [1.54, 1.807) is 0 Å². The Balaban J connectivity index is 1.77. The molecule has 0 unspecified atom stereocenters. The lowest BCUT2D eigenvalue weighted by Crippen LogP contribution is -2.44. The van der Waals surface area contributed by atoms with Gasteiger partial charge in [-0.15, -0.1) is 0 Å². The Hall–Kier alpha value is -0.580. The molecule has 1 saturated heterocycles. The van der Waals surface area contributed by atoms with Crippen LogP contribution in [0.3, 0.4) is 0 Å². The number of nitrogens with one attached hydrogen (secondary N) is 1. The van der Waals surface area contributed by atoms with Crippen LogP contribution in [0.25, 0.3) is 0 Å². The molecule has 1 aromatic carbocycles. The third-order valence-corrected chi connectivity index (χ3v) is 3.50. The Morgan fingerprint density at radius 1 is 1.35 bits per heavy atom. The molecular weight excluding hydrogens is 280 g/mol. The maximum atomic E-state index is 5.81. The second kappa shape index (κ2) is 6.38. The van der Waals surface area contributed by atoms with Crippen LogP contribution in [0, 0.1) is 6.92 Å². The summed E-state index contributed by atoms with van der Waals surface area (Å²) < 4.78 is 6.91. The van der Waals surface area contributed by atoms with E-state index in [4.69, 9.17) is 4.74 Å². The highest BCUT2D eigenvalue weighted by atomic mass is 79.9. The zero-order valence-electron chi connectivity index (χ0n) is 10.2. The van der Waals surface area contributed by atoms with Crippen molar-refractivity contribution >= 4 is 15.9 Å². The second-order valence-electron chi connectivity index (χ2n) is 4.35. The van der Waals surface area contributed by atoms with Crippen molar-refractivity contribution in [2.75, 3.05) is 39.3 Å². The maximum Gasteiger partial charge on any atom is 0.122 e. The fourth-order valence-corrected chi connectivity index (χ4v) is 2.47. The van der Waals surface area contributed by atoms with E-state index in [1.165, 1.54) is 5.56 Å². The van der Waals surface area contributed by atoms with Gasteiger partial charge in [-0.25, -0.2) is 0 Å². The van der Waals surface area contributed by atoms with Crippen molar-refractivity contribution in [3.63, 3.8) is 0 Å². The number of piperazine rings is 1. The molecule has 0 aliphatic carbocycles. The number of aryl methyl sites for hydroxylation is 1. The van der Waals surface area contributed by atoms with E-state index < -0.39 is 0 Å². The van der Waals surface area contributed by atoms with Gasteiger partial charge in [0, 0.05) is 37.2 Å². The Bertz CT molecular complexity index is 364. The molecule has 17 heavy (non-hydrogen) atoms. The van der Waals surface area contributed by atoms with Gasteiger partial charge in [0.2, 0.25) is 0 Å². The average molecular weight is 299 g/mol. The van der Waals surface area contributed by atoms with Gasteiger partial charge in [-0.3, -0.25) is 4.90 Å². The molecule has 0 aromatic heterocycles. The van der Waals surface area contributed by atoms with Gasteiger partial charge in [-0.05, 0) is 30.7 Å². The van der Waals surface area contributed by atoms with Crippen LogP contribution < -0.4 is 10.1 Å². The van der Waals surface area contributed by atoms with Gasteiger partial charge in [0.1, 0.15) is 12.4 Å². The number of benzene rings is 1. The molecule has 2 rings (SSSR count). The highest BCUT2D eigenvalue weighted by Gasteiger charge is 2.09. The van der Waals surface area contributed by atoms with Crippen molar-refractivity contribution in [2.24, 2.45) is 0 Å². The minimum absolute atomic E-state index is 0.766. The summed E-state index contributed by atoms with van der Waals surface area (Å²) >= 11 is 3.46. The van der Waals surface area contributed by atoms with E-state index in [2.05, 4.69) is 39.1 Å². The number of nitrogens with zero attached hydrogens (tertiary/aromatic N) is 1. The van der Waals surface area contributed by atoms with E-state index in [-0.39, 0.29) is 0 Å². The number of hydrogen-bond donors (Lipinski definition) is 1. The Kier molecular flexibility index (Phi) is 4.83. The first-order valence-electron chi connectivity index (χ1n) is 6.08. The molecule has 3 nitrogen and oxygen atoms in total. The van der Waals surface area contributed by atoms with Gasteiger partial charge in [0.05, 0.1) is 0 Å². The molecule has 1 N–H and O–H groups in total. The number of rotatable bonds is 4. The summed E-state index contributed by atoms with van der Waals surface area (Å²) in [6.07, 6.45) is 0. The van der Waals surface area contributed by atoms with Crippen molar-refractivity contribution in [2.45, 2.75) is 6.92 Å². The van der Waals surface area contributed by atoms with E-state index in [0.29, 0.717) is 0 Å². The van der Waals surface area contributed by atoms with Crippen LogP contribution in [0.4, 0.5) is 0 Å². The zero-order valence-corrected chi connectivity index (χ0v) is 11.8. The summed E-state index contributed by atoms with van der Waals surface area (Å²) in [5.74, 6) is 0.989. The number of halogens is 1. The molecule has 0 spiro atoms. The van der Waals surface area contributed by atoms with Gasteiger partial charge in [0.15, 0.2) is 0 Å². The lowest BCUT2D eigenvalue weighted by molar-refractivity contribution is 0.191. The van der Waals surface area contributed by atoms with Gasteiger partial charge < -0.3 is 10.1 Å². The summed E-state index contributed by atoms with van der Waals surface area (Å²) in [7, 11) is 0. The van der Waals surface area contributed by atoms with Crippen molar-refractivity contribution < 1.29 is 4.74 Å². The second-order valence-corrected chi connectivity index (χ2v) is 5.27. The molecule has 4 heteroatoms. The van der Waals surface area contributed by atoms with E-state index >= 15 is 0 Å². The van der Waals surface area contributed by atoms with Crippen LogP contribution in [0.1, 0.15) is 5.56 Å². The Morgan fingerprint density at radius 2 is 2.12 bits per heavy atom. The van der Waals surface area contributed by atoms with Crippen LogP contribution in [0.5, 0.6) is 5.75 Å². The number of ether oxygens (including phenoxy) is 1. The summed E-state index contributed by atoms with van der Waals surface area (Å²) in [6.45, 7) is 8.30. The number of hydrogen-bond acceptors (Lipinski definition) is 3. The summed E-state index contributed by atoms with van der Waals surface area (Å²) in [6, 6.07) is 6.13. The topological polar surface area (TPSA) is 24.5 Å².